The molecule has 0 bridgehead atoms. The van der Waals surface area contributed by atoms with E-state index in [0.29, 0.717) is 24.1 Å². The third-order valence-electron chi connectivity index (χ3n) is 4.47. The average Bonchev–Trinajstić information content (AvgIpc) is 2.61. The largest absolute Gasteiger partial charge is 0.434 e. The highest BCUT2D eigenvalue weighted by atomic mass is 19.3. The zero-order valence-electron chi connectivity index (χ0n) is 14.5. The van der Waals surface area contributed by atoms with Crippen LogP contribution in [0, 0.1) is 12.3 Å². The summed E-state index contributed by atoms with van der Waals surface area (Å²) >= 11 is 0. The lowest BCUT2D eigenvalue weighted by Gasteiger charge is -2.45. The Kier molecular flexibility index (Phi) is 6.17. The van der Waals surface area contributed by atoms with Crippen molar-refractivity contribution < 1.29 is 23.7 Å². The number of benzene rings is 1. The lowest BCUT2D eigenvalue weighted by Crippen LogP contribution is -2.52. The van der Waals surface area contributed by atoms with Gasteiger partial charge in [0.05, 0.1) is 22.3 Å². The van der Waals surface area contributed by atoms with Crippen LogP contribution in [0.25, 0.3) is 0 Å². The van der Waals surface area contributed by atoms with Crippen LogP contribution in [0.2, 0.25) is 0 Å². The molecule has 1 aliphatic rings. The van der Waals surface area contributed by atoms with Crippen LogP contribution in [0.3, 0.4) is 0 Å². The predicted molar refractivity (Wildman–Crippen MR) is 96.2 cm³/mol. The van der Waals surface area contributed by atoms with Crippen LogP contribution >= 0.6 is 0 Å². The molecule has 2 rings (SSSR count). The van der Waals surface area contributed by atoms with Crippen molar-refractivity contribution >= 4 is 15.7 Å². The number of hydrogen-bond acceptors (Lipinski definition) is 4. The molecule has 134 valence electrons. The number of hydrogen-bond donors (Lipinski definition) is 2. The van der Waals surface area contributed by atoms with Gasteiger partial charge in [-0.05, 0) is 42.0 Å². The predicted octanol–water partition coefficient (Wildman–Crippen LogP) is 1.09. The number of rotatable bonds is 6. The summed E-state index contributed by atoms with van der Waals surface area (Å²) in [5.41, 5.74) is -0.392. The number of aliphatic hydroxyl groups is 2. The van der Waals surface area contributed by atoms with Crippen LogP contribution < -0.4 is 4.74 Å². The molecule has 0 spiro atoms. The van der Waals surface area contributed by atoms with Crippen LogP contribution in [0.5, 0.6) is 5.75 Å². The van der Waals surface area contributed by atoms with E-state index >= 15 is 0 Å². The van der Waals surface area contributed by atoms with Crippen molar-refractivity contribution in [2.75, 3.05) is 19.7 Å². The summed E-state index contributed by atoms with van der Waals surface area (Å²) in [5.74, 6) is 2.14. The summed E-state index contributed by atoms with van der Waals surface area (Å²) in [6, 6.07) is 4.27. The van der Waals surface area contributed by atoms with Gasteiger partial charge in [0.15, 0.2) is 0 Å². The number of terminal acetylenes is 1. The van der Waals surface area contributed by atoms with Crippen LogP contribution in [0.4, 0.5) is 8.78 Å². The maximum atomic E-state index is 12.8. The topological polar surface area (TPSA) is 52.9 Å². The highest BCUT2D eigenvalue weighted by Crippen LogP contribution is 2.35. The quantitative estimate of drug-likeness (QED) is 0.455. The van der Waals surface area contributed by atoms with Crippen molar-refractivity contribution in [3.8, 4) is 18.1 Å². The van der Waals surface area contributed by atoms with Crippen molar-refractivity contribution in [3.05, 3.63) is 41.0 Å². The van der Waals surface area contributed by atoms with Crippen LogP contribution in [0.15, 0.2) is 29.8 Å². The van der Waals surface area contributed by atoms with E-state index in [4.69, 9.17) is 22.1 Å². The van der Waals surface area contributed by atoms with E-state index in [0.717, 1.165) is 0 Å². The fourth-order valence-corrected chi connectivity index (χ4v) is 2.86. The molecule has 1 atom stereocenters. The van der Waals surface area contributed by atoms with Gasteiger partial charge in [0.2, 0.25) is 0 Å². The zero-order chi connectivity index (χ0) is 19.5. The maximum Gasteiger partial charge on any atom is 0.387 e. The van der Waals surface area contributed by atoms with E-state index in [-0.39, 0.29) is 17.9 Å². The first-order chi connectivity index (χ1) is 12.1. The van der Waals surface area contributed by atoms with Crippen molar-refractivity contribution in [1.29, 1.82) is 0 Å². The highest BCUT2D eigenvalue weighted by molar-refractivity contribution is 6.40. The fraction of sp³-hybridized carbons (Fsp3) is 0.444. The van der Waals surface area contributed by atoms with Gasteiger partial charge < -0.3 is 19.8 Å². The summed E-state index contributed by atoms with van der Waals surface area (Å²) in [6.07, 6.45) is 7.64. The second kappa shape index (κ2) is 7.83. The molecule has 0 saturated carbocycles. The number of aliphatic hydroxyl groups excluding tert-OH is 1. The molecule has 4 nitrogen and oxygen atoms in total. The van der Waals surface area contributed by atoms with Gasteiger partial charge in [0, 0.05) is 18.7 Å². The fourth-order valence-electron chi connectivity index (χ4n) is 2.86. The molecule has 1 aliphatic heterocycles. The summed E-state index contributed by atoms with van der Waals surface area (Å²) in [5, 5.41) is 18.0. The Morgan fingerprint density at radius 3 is 2.69 bits per heavy atom. The van der Waals surface area contributed by atoms with Gasteiger partial charge >= 0.3 is 6.61 Å². The molecule has 0 aromatic heterocycles. The molecular weight excluding hydrogens is 338 g/mol. The van der Waals surface area contributed by atoms with E-state index in [1.165, 1.54) is 25.1 Å². The van der Waals surface area contributed by atoms with Crippen LogP contribution in [-0.2, 0) is 5.34 Å². The minimum Gasteiger partial charge on any atom is -0.434 e. The number of halogens is 2. The minimum atomic E-state index is -3.07. The maximum absolute atomic E-state index is 12.8. The van der Waals surface area contributed by atoms with E-state index < -0.39 is 24.2 Å². The Bertz CT molecular complexity index is 730. The lowest BCUT2D eigenvalue weighted by atomic mass is 9.56. The molecule has 0 amide bonds. The van der Waals surface area contributed by atoms with Crippen molar-refractivity contribution in [1.82, 2.24) is 4.90 Å². The molecule has 0 fully saturated rings. The second-order valence-corrected chi connectivity index (χ2v) is 6.43. The van der Waals surface area contributed by atoms with Gasteiger partial charge in [-0.1, -0.05) is 18.1 Å². The van der Waals surface area contributed by atoms with E-state index in [1.807, 2.05) is 0 Å². The molecule has 8 heteroatoms. The van der Waals surface area contributed by atoms with Gasteiger partial charge in [0.1, 0.15) is 11.4 Å². The van der Waals surface area contributed by atoms with Gasteiger partial charge in [-0.15, -0.1) is 6.42 Å². The summed E-state index contributed by atoms with van der Waals surface area (Å²) in [6.45, 7) is -1.46. The number of nitrogens with zero attached hydrogens (tertiary/aromatic N) is 1. The summed E-state index contributed by atoms with van der Waals surface area (Å²) in [4.78, 5) is 1.62. The molecule has 2 N–H and O–H groups in total. The smallest absolute Gasteiger partial charge is 0.387 e. The Balaban J connectivity index is 2.38. The Hall–Kier alpha value is -1.81. The molecule has 0 saturated heterocycles. The number of ether oxygens (including phenoxy) is 1. The first-order valence-corrected chi connectivity index (χ1v) is 8.03. The number of alkyl halides is 2. The molecular formula is C18H19B2F2NO3. The third kappa shape index (κ3) is 4.29. The Labute approximate surface area is 154 Å². The van der Waals surface area contributed by atoms with Crippen LogP contribution in [0.1, 0.15) is 24.5 Å². The molecule has 0 aliphatic carbocycles. The first-order valence-electron chi connectivity index (χ1n) is 8.03. The van der Waals surface area contributed by atoms with Gasteiger partial charge in [0.25, 0.3) is 0 Å². The zero-order valence-corrected chi connectivity index (χ0v) is 14.5. The van der Waals surface area contributed by atoms with E-state index in [1.54, 1.807) is 11.0 Å². The molecule has 1 aromatic rings. The van der Waals surface area contributed by atoms with Gasteiger partial charge in [-0.3, -0.25) is 0 Å². The molecule has 4 radical (unpaired) electrons. The van der Waals surface area contributed by atoms with Crippen molar-refractivity contribution in [2.45, 2.75) is 30.9 Å². The van der Waals surface area contributed by atoms with Crippen LogP contribution in [-0.4, -0.2) is 62.7 Å². The van der Waals surface area contributed by atoms with E-state index in [9.17, 15) is 19.0 Å². The minimum absolute atomic E-state index is 0.140. The molecule has 26 heavy (non-hydrogen) atoms. The third-order valence-corrected chi connectivity index (χ3v) is 4.47. The lowest BCUT2D eigenvalue weighted by molar-refractivity contribution is -0.0511. The van der Waals surface area contributed by atoms with Gasteiger partial charge in [-0.25, -0.2) is 0 Å². The van der Waals surface area contributed by atoms with E-state index in [2.05, 4.69) is 10.7 Å². The van der Waals surface area contributed by atoms with Crippen molar-refractivity contribution in [2.24, 2.45) is 0 Å². The second-order valence-electron chi connectivity index (χ2n) is 6.43. The average molecular weight is 357 g/mol. The first kappa shape index (κ1) is 20.5. The normalized spacial score (nSPS) is 18.1. The van der Waals surface area contributed by atoms with Gasteiger partial charge in [-0.2, -0.15) is 8.78 Å². The van der Waals surface area contributed by atoms with Crippen molar-refractivity contribution in [3.63, 3.8) is 0 Å². The standard InChI is InChI=1S/C18H19B2F2NO3/c1-3-12-6-7-14(15(9-12)26-16(21)22)18(19,20)23-8-4-5-13(10-23)17(2,25)11-24/h1,5-7,9,16,24-25H,4,8,10-11H2,2H3/t17-/m1/s1. The Morgan fingerprint density at radius 2 is 2.12 bits per heavy atom. The molecule has 0 unspecified atom stereocenters. The Morgan fingerprint density at radius 1 is 1.42 bits per heavy atom. The summed E-state index contributed by atoms with van der Waals surface area (Å²) in [7, 11) is 12.6. The monoisotopic (exact) mass is 357 g/mol. The molecule has 1 heterocycles. The molecule has 1 aromatic carbocycles. The summed E-state index contributed by atoms with van der Waals surface area (Å²) < 4.78 is 30.1. The SMILES string of the molecule is [B]C([B])(c1ccc(C#C)cc1OC(F)F)N1CCC=C([C@](C)(O)CO)C1. The highest BCUT2D eigenvalue weighted by Gasteiger charge is 2.36.